The minimum Gasteiger partial charge on any atom is -0.494 e. The number of ether oxygens (including phenoxy) is 4. The Kier molecular flexibility index (Phi) is 9.68. The van der Waals surface area contributed by atoms with E-state index in [2.05, 4.69) is 23.8 Å². The van der Waals surface area contributed by atoms with E-state index in [0.29, 0.717) is 26.1 Å². The summed E-state index contributed by atoms with van der Waals surface area (Å²) >= 11 is 0. The first-order valence-electron chi connectivity index (χ1n) is 12.9. The first kappa shape index (κ1) is 26.7. The highest BCUT2D eigenvalue weighted by molar-refractivity contribution is 5.67. The SMILES string of the molecule is CCCOc1ccc(Cc2cccnc2OC(=O)Oc2ncccc2Cc2ccc(OCCC)cc2)cc1. The van der Waals surface area contributed by atoms with E-state index in [0.717, 1.165) is 46.6 Å². The molecule has 7 heteroatoms. The van der Waals surface area contributed by atoms with Crippen LogP contribution in [0.2, 0.25) is 0 Å². The molecule has 0 N–H and O–H groups in total. The van der Waals surface area contributed by atoms with Crippen molar-refractivity contribution >= 4 is 6.16 Å². The fourth-order valence-corrected chi connectivity index (χ4v) is 3.77. The maximum atomic E-state index is 12.7. The van der Waals surface area contributed by atoms with Crippen LogP contribution >= 0.6 is 0 Å². The number of nitrogens with zero attached hydrogens (tertiary/aromatic N) is 2. The normalized spacial score (nSPS) is 10.6. The van der Waals surface area contributed by atoms with E-state index >= 15 is 0 Å². The molecule has 4 aromatic rings. The van der Waals surface area contributed by atoms with E-state index < -0.39 is 6.16 Å². The van der Waals surface area contributed by atoms with Gasteiger partial charge in [-0.15, -0.1) is 0 Å². The molecule has 7 nitrogen and oxygen atoms in total. The number of hydrogen-bond donors (Lipinski definition) is 0. The van der Waals surface area contributed by atoms with Gasteiger partial charge in [-0.05, 0) is 60.4 Å². The number of pyridine rings is 2. The lowest BCUT2D eigenvalue weighted by atomic mass is 10.1. The molecule has 0 unspecified atom stereocenters. The number of hydrogen-bond acceptors (Lipinski definition) is 7. The van der Waals surface area contributed by atoms with Crippen molar-refractivity contribution in [2.45, 2.75) is 39.5 Å². The Morgan fingerprint density at radius 1 is 0.632 bits per heavy atom. The van der Waals surface area contributed by atoms with Crippen LogP contribution in [0.3, 0.4) is 0 Å². The van der Waals surface area contributed by atoms with Gasteiger partial charge in [-0.1, -0.05) is 50.2 Å². The van der Waals surface area contributed by atoms with Crippen LogP contribution in [0.4, 0.5) is 4.79 Å². The van der Waals surface area contributed by atoms with Gasteiger partial charge in [0.25, 0.3) is 0 Å². The average molecular weight is 513 g/mol. The van der Waals surface area contributed by atoms with Crippen molar-refractivity contribution in [2.75, 3.05) is 13.2 Å². The maximum Gasteiger partial charge on any atom is 0.522 e. The zero-order valence-electron chi connectivity index (χ0n) is 21.8. The van der Waals surface area contributed by atoms with Crippen LogP contribution in [0.5, 0.6) is 23.3 Å². The molecule has 0 bridgehead atoms. The Bertz CT molecular complexity index is 1210. The molecule has 0 radical (unpaired) electrons. The van der Waals surface area contributed by atoms with E-state index in [4.69, 9.17) is 18.9 Å². The lowest BCUT2D eigenvalue weighted by Gasteiger charge is -2.11. The molecule has 0 saturated heterocycles. The van der Waals surface area contributed by atoms with Crippen LogP contribution in [0.15, 0.2) is 85.2 Å². The standard InChI is InChI=1S/C31H32N2O5/c1-3-19-35-27-13-9-23(10-14-27)21-25-7-5-17-32-29(25)37-31(34)38-30-26(8-6-18-33-30)22-24-11-15-28(16-12-24)36-20-4-2/h5-18H,3-4,19-22H2,1-2H3. The van der Waals surface area contributed by atoms with Gasteiger partial charge in [0.05, 0.1) is 13.2 Å². The number of carbonyl (C=O) groups excluding carboxylic acids is 1. The number of benzene rings is 2. The highest BCUT2D eigenvalue weighted by Gasteiger charge is 2.16. The summed E-state index contributed by atoms with van der Waals surface area (Å²) < 4.78 is 22.3. The zero-order valence-corrected chi connectivity index (χ0v) is 21.8. The van der Waals surface area contributed by atoms with Crippen LogP contribution in [0.1, 0.15) is 48.9 Å². The molecule has 196 valence electrons. The van der Waals surface area contributed by atoms with Crippen molar-refractivity contribution in [3.05, 3.63) is 107 Å². The molecule has 0 amide bonds. The van der Waals surface area contributed by atoms with Crippen molar-refractivity contribution in [2.24, 2.45) is 0 Å². The third kappa shape index (κ3) is 7.80. The number of aromatic nitrogens is 2. The minimum absolute atomic E-state index is 0.198. The third-order valence-corrected chi connectivity index (χ3v) is 5.64. The molecule has 0 atom stereocenters. The van der Waals surface area contributed by atoms with E-state index in [1.54, 1.807) is 12.4 Å². The summed E-state index contributed by atoms with van der Waals surface area (Å²) in [4.78, 5) is 21.2. The largest absolute Gasteiger partial charge is 0.522 e. The van der Waals surface area contributed by atoms with Crippen LogP contribution in [0.25, 0.3) is 0 Å². The molecule has 0 saturated carbocycles. The molecular formula is C31H32N2O5. The topological polar surface area (TPSA) is 79.8 Å². The van der Waals surface area contributed by atoms with Gasteiger partial charge in [-0.3, -0.25) is 0 Å². The predicted octanol–water partition coefficient (Wildman–Crippen LogP) is 6.81. The van der Waals surface area contributed by atoms with Crippen molar-refractivity contribution in [1.82, 2.24) is 9.97 Å². The maximum absolute atomic E-state index is 12.7. The second kappa shape index (κ2) is 13.8. The highest BCUT2D eigenvalue weighted by atomic mass is 16.7. The second-order valence-electron chi connectivity index (χ2n) is 8.73. The first-order chi connectivity index (χ1) is 18.6. The number of rotatable bonds is 12. The van der Waals surface area contributed by atoms with Crippen molar-refractivity contribution in [1.29, 1.82) is 0 Å². The Hall–Kier alpha value is -4.39. The predicted molar refractivity (Wildman–Crippen MR) is 145 cm³/mol. The van der Waals surface area contributed by atoms with Gasteiger partial charge in [-0.2, -0.15) is 0 Å². The van der Waals surface area contributed by atoms with Crippen LogP contribution < -0.4 is 18.9 Å². The fraction of sp³-hybridized carbons (Fsp3) is 0.258. The summed E-state index contributed by atoms with van der Waals surface area (Å²) in [6.45, 7) is 5.50. The lowest BCUT2D eigenvalue weighted by Crippen LogP contribution is -2.17. The van der Waals surface area contributed by atoms with Gasteiger partial charge in [0.2, 0.25) is 11.8 Å². The van der Waals surface area contributed by atoms with Gasteiger partial charge < -0.3 is 18.9 Å². The van der Waals surface area contributed by atoms with Crippen molar-refractivity contribution in [3.63, 3.8) is 0 Å². The molecule has 0 aliphatic heterocycles. The summed E-state index contributed by atoms with van der Waals surface area (Å²) in [6.07, 6.45) is 5.25. The van der Waals surface area contributed by atoms with Gasteiger partial charge in [0, 0.05) is 36.4 Å². The van der Waals surface area contributed by atoms with E-state index in [1.807, 2.05) is 72.8 Å². The third-order valence-electron chi connectivity index (χ3n) is 5.64. The van der Waals surface area contributed by atoms with Gasteiger partial charge in [0.15, 0.2) is 0 Å². The van der Waals surface area contributed by atoms with E-state index in [-0.39, 0.29) is 11.8 Å². The van der Waals surface area contributed by atoms with Crippen molar-refractivity contribution in [3.8, 4) is 23.3 Å². The quantitative estimate of drug-likeness (QED) is 0.193. The monoisotopic (exact) mass is 512 g/mol. The second-order valence-corrected chi connectivity index (χ2v) is 8.73. The van der Waals surface area contributed by atoms with Gasteiger partial charge in [0.1, 0.15) is 11.5 Å². The van der Waals surface area contributed by atoms with Crippen LogP contribution in [-0.2, 0) is 12.8 Å². The Labute approximate surface area is 223 Å². The van der Waals surface area contributed by atoms with E-state index in [9.17, 15) is 4.79 Å². The van der Waals surface area contributed by atoms with Crippen LogP contribution in [0, 0.1) is 0 Å². The minimum atomic E-state index is -0.892. The molecule has 0 spiro atoms. The highest BCUT2D eigenvalue weighted by Crippen LogP contribution is 2.24. The molecule has 0 aliphatic carbocycles. The van der Waals surface area contributed by atoms with Crippen molar-refractivity contribution < 1.29 is 23.7 Å². The molecule has 2 aromatic heterocycles. The zero-order chi connectivity index (χ0) is 26.6. The van der Waals surface area contributed by atoms with E-state index in [1.165, 1.54) is 0 Å². The summed E-state index contributed by atoms with van der Waals surface area (Å²) in [5.41, 5.74) is 3.60. The molecule has 38 heavy (non-hydrogen) atoms. The summed E-state index contributed by atoms with van der Waals surface area (Å²) in [5.74, 6) is 2.05. The molecule has 0 fully saturated rings. The van der Waals surface area contributed by atoms with Gasteiger partial charge >= 0.3 is 6.16 Å². The molecule has 2 aromatic carbocycles. The number of carbonyl (C=O) groups is 1. The Morgan fingerprint density at radius 3 is 1.45 bits per heavy atom. The lowest BCUT2D eigenvalue weighted by molar-refractivity contribution is 0.147. The summed E-state index contributed by atoms with van der Waals surface area (Å²) in [5, 5.41) is 0. The van der Waals surface area contributed by atoms with Gasteiger partial charge in [-0.25, -0.2) is 14.8 Å². The average Bonchev–Trinajstić information content (AvgIpc) is 2.94. The molecule has 4 rings (SSSR count). The fourth-order valence-electron chi connectivity index (χ4n) is 3.77. The summed E-state index contributed by atoms with van der Waals surface area (Å²) in [6, 6.07) is 23.1. The molecule has 2 heterocycles. The Morgan fingerprint density at radius 2 is 1.05 bits per heavy atom. The molecule has 0 aliphatic rings. The van der Waals surface area contributed by atoms with Crippen LogP contribution in [-0.4, -0.2) is 29.3 Å². The summed E-state index contributed by atoms with van der Waals surface area (Å²) in [7, 11) is 0. The first-order valence-corrected chi connectivity index (χ1v) is 12.9. The smallest absolute Gasteiger partial charge is 0.494 e. The Balaban J connectivity index is 1.40. The molecular weight excluding hydrogens is 480 g/mol.